The molecule has 0 aliphatic rings. The van der Waals surface area contributed by atoms with Crippen LogP contribution in [0.25, 0.3) is 0 Å². The van der Waals surface area contributed by atoms with Gasteiger partial charge in [-0.15, -0.1) is 11.3 Å². The van der Waals surface area contributed by atoms with Crippen molar-refractivity contribution < 1.29 is 19.4 Å². The minimum atomic E-state index is -0.602. The van der Waals surface area contributed by atoms with E-state index in [0.717, 1.165) is 11.3 Å². The molecule has 0 bridgehead atoms. The molecule has 1 aromatic carbocycles. The molecule has 0 saturated carbocycles. The number of nitrogens with one attached hydrogen (secondary N) is 2. The second-order valence-corrected chi connectivity index (χ2v) is 6.79. The molecule has 2 aromatic rings. The second-order valence-electron chi connectivity index (χ2n) is 5.24. The number of para-hydroxylation sites is 1. The summed E-state index contributed by atoms with van der Waals surface area (Å²) in [7, 11) is 0. The molecule has 0 spiro atoms. The van der Waals surface area contributed by atoms with Crippen LogP contribution in [0.2, 0.25) is 0 Å². The predicted octanol–water partition coefficient (Wildman–Crippen LogP) is 3.08. The molecule has 142 valence electrons. The van der Waals surface area contributed by atoms with Crippen LogP contribution in [0.4, 0.5) is 5.00 Å². The number of amides is 1. The van der Waals surface area contributed by atoms with Gasteiger partial charge in [0, 0.05) is 10.4 Å². The Labute approximate surface area is 166 Å². The molecule has 0 atom stereocenters. The van der Waals surface area contributed by atoms with E-state index in [1.165, 1.54) is 23.6 Å². The Morgan fingerprint density at radius 1 is 1.33 bits per heavy atom. The summed E-state index contributed by atoms with van der Waals surface area (Å²) in [5.41, 5.74) is 3.21. The Bertz CT molecular complexity index is 877. The molecule has 0 unspecified atom stereocenters. The molecule has 9 heteroatoms. The van der Waals surface area contributed by atoms with Gasteiger partial charge in [0.2, 0.25) is 0 Å². The number of benzene rings is 1. The number of rotatable bonds is 6. The zero-order chi connectivity index (χ0) is 19.8. The number of hydrazone groups is 1. The Morgan fingerprint density at radius 2 is 2.07 bits per heavy atom. The fourth-order valence-corrected chi connectivity index (χ4v) is 3.12. The van der Waals surface area contributed by atoms with Gasteiger partial charge >= 0.3 is 5.97 Å². The van der Waals surface area contributed by atoms with Crippen LogP contribution >= 0.6 is 23.6 Å². The number of phenolic OH excluding ortho intramolecular Hbond substituents is 1. The summed E-state index contributed by atoms with van der Waals surface area (Å²) >= 11 is 6.30. The van der Waals surface area contributed by atoms with Crippen LogP contribution in [0.5, 0.6) is 5.75 Å². The minimum Gasteiger partial charge on any atom is -0.507 e. The van der Waals surface area contributed by atoms with Gasteiger partial charge in [0.25, 0.3) is 5.91 Å². The summed E-state index contributed by atoms with van der Waals surface area (Å²) < 4.78 is 5.01. The van der Waals surface area contributed by atoms with Gasteiger partial charge in [0.15, 0.2) is 4.99 Å². The van der Waals surface area contributed by atoms with E-state index in [2.05, 4.69) is 15.8 Å². The first-order chi connectivity index (χ1) is 13.0. The fourth-order valence-electron chi connectivity index (χ4n) is 2.04. The number of hydrogen-bond acceptors (Lipinski definition) is 7. The van der Waals surface area contributed by atoms with Crippen LogP contribution in [0.1, 0.15) is 34.6 Å². The first-order valence-electron chi connectivity index (χ1n) is 8.18. The summed E-state index contributed by atoms with van der Waals surface area (Å²) in [6, 6.07) is 8.31. The number of anilines is 1. The smallest absolute Gasteiger partial charge is 0.341 e. The molecule has 1 amide bonds. The summed E-state index contributed by atoms with van der Waals surface area (Å²) in [5.74, 6) is -1.04. The number of aryl methyl sites for hydroxylation is 1. The van der Waals surface area contributed by atoms with E-state index in [4.69, 9.17) is 17.0 Å². The van der Waals surface area contributed by atoms with Gasteiger partial charge in [0.05, 0.1) is 18.4 Å². The van der Waals surface area contributed by atoms with E-state index in [0.29, 0.717) is 16.1 Å². The Balaban J connectivity index is 2.04. The van der Waals surface area contributed by atoms with Crippen molar-refractivity contribution in [2.45, 2.75) is 20.3 Å². The highest BCUT2D eigenvalue weighted by Gasteiger charge is 2.20. The molecule has 0 saturated heterocycles. The zero-order valence-corrected chi connectivity index (χ0v) is 16.4. The van der Waals surface area contributed by atoms with Crippen molar-refractivity contribution in [3.8, 4) is 5.75 Å². The lowest BCUT2D eigenvalue weighted by Gasteiger charge is -2.06. The van der Waals surface area contributed by atoms with Crippen molar-refractivity contribution >= 4 is 51.6 Å². The van der Waals surface area contributed by atoms with Crippen molar-refractivity contribution in [1.29, 1.82) is 0 Å². The van der Waals surface area contributed by atoms with Crippen LogP contribution in [-0.2, 0) is 16.0 Å². The van der Waals surface area contributed by atoms with Gasteiger partial charge in [0.1, 0.15) is 10.8 Å². The van der Waals surface area contributed by atoms with E-state index in [1.807, 2.05) is 6.92 Å². The lowest BCUT2D eigenvalue weighted by atomic mass is 10.2. The maximum Gasteiger partial charge on any atom is 0.341 e. The number of carbonyl (C=O) groups is 2. The number of esters is 1. The Hall–Kier alpha value is -2.78. The monoisotopic (exact) mass is 405 g/mol. The first kappa shape index (κ1) is 20.5. The lowest BCUT2D eigenvalue weighted by molar-refractivity contribution is -0.110. The van der Waals surface area contributed by atoms with Crippen molar-refractivity contribution in [2.24, 2.45) is 5.10 Å². The van der Waals surface area contributed by atoms with Gasteiger partial charge in [-0.2, -0.15) is 5.10 Å². The zero-order valence-electron chi connectivity index (χ0n) is 14.8. The molecule has 27 heavy (non-hydrogen) atoms. The molecule has 0 aliphatic carbocycles. The molecule has 0 fully saturated rings. The number of thiophene rings is 1. The molecule has 0 radical (unpaired) electrons. The van der Waals surface area contributed by atoms with Gasteiger partial charge in [-0.3, -0.25) is 10.2 Å². The van der Waals surface area contributed by atoms with Crippen molar-refractivity contribution in [1.82, 2.24) is 5.43 Å². The number of carbonyl (C=O) groups excluding carboxylic acids is 2. The third kappa shape index (κ3) is 5.60. The standard InChI is InChI=1S/C18H19N3O4S2/c1-3-12-9-13(18(24)25-4-2)17(27-12)20-15(23)16(26)21-19-10-11-7-5-6-8-14(11)22/h5-10,22H,3-4H2,1-2H3,(H,20,23)(H,21,26). The normalized spacial score (nSPS) is 10.6. The average molecular weight is 406 g/mol. The molecule has 1 aromatic heterocycles. The fraction of sp³-hybridized carbons (Fsp3) is 0.222. The van der Waals surface area contributed by atoms with Crippen molar-refractivity contribution in [2.75, 3.05) is 11.9 Å². The minimum absolute atomic E-state index is 0.0585. The maximum absolute atomic E-state index is 12.3. The molecule has 1 heterocycles. The predicted molar refractivity (Wildman–Crippen MR) is 110 cm³/mol. The average Bonchev–Trinajstić information content (AvgIpc) is 3.06. The first-order valence-corrected chi connectivity index (χ1v) is 9.40. The number of ether oxygens (including phenoxy) is 1. The van der Waals surface area contributed by atoms with Gasteiger partial charge in [-0.25, -0.2) is 4.79 Å². The number of hydrogen-bond donors (Lipinski definition) is 3. The van der Waals surface area contributed by atoms with E-state index >= 15 is 0 Å². The Morgan fingerprint density at radius 3 is 2.74 bits per heavy atom. The number of nitrogens with zero attached hydrogens (tertiary/aromatic N) is 1. The highest BCUT2D eigenvalue weighted by atomic mass is 32.1. The summed E-state index contributed by atoms with van der Waals surface area (Å²) in [6.45, 7) is 3.90. The molecule has 3 N–H and O–H groups in total. The maximum atomic E-state index is 12.3. The molecule has 7 nitrogen and oxygen atoms in total. The SMILES string of the molecule is CCOC(=O)c1cc(CC)sc1NC(=O)C(=S)NN=Cc1ccccc1O. The van der Waals surface area contributed by atoms with E-state index in [1.54, 1.807) is 31.2 Å². The topological polar surface area (TPSA) is 100 Å². The van der Waals surface area contributed by atoms with Gasteiger partial charge in [-0.1, -0.05) is 31.3 Å². The van der Waals surface area contributed by atoms with Crippen LogP contribution in [0.15, 0.2) is 35.4 Å². The van der Waals surface area contributed by atoms with E-state index < -0.39 is 11.9 Å². The van der Waals surface area contributed by atoms with E-state index in [-0.39, 0.29) is 17.3 Å². The summed E-state index contributed by atoms with van der Waals surface area (Å²) in [5, 5.41) is 16.5. The highest BCUT2D eigenvalue weighted by Crippen LogP contribution is 2.29. The molecule has 0 aliphatic heterocycles. The number of aromatic hydroxyl groups is 1. The van der Waals surface area contributed by atoms with Crippen molar-refractivity contribution in [3.63, 3.8) is 0 Å². The van der Waals surface area contributed by atoms with Crippen LogP contribution in [-0.4, -0.2) is 34.8 Å². The van der Waals surface area contributed by atoms with Crippen molar-refractivity contribution in [3.05, 3.63) is 46.3 Å². The summed E-state index contributed by atoms with van der Waals surface area (Å²) in [6.07, 6.45) is 2.07. The molecule has 2 rings (SSSR count). The third-order valence-corrected chi connectivity index (χ3v) is 4.84. The Kier molecular flexibility index (Phi) is 7.44. The lowest BCUT2D eigenvalue weighted by Crippen LogP contribution is -2.31. The second kappa shape index (κ2) is 9.79. The quantitative estimate of drug-likeness (QED) is 0.296. The largest absolute Gasteiger partial charge is 0.507 e. The van der Waals surface area contributed by atoms with Crippen LogP contribution < -0.4 is 10.7 Å². The van der Waals surface area contributed by atoms with Gasteiger partial charge in [-0.05, 0) is 31.5 Å². The van der Waals surface area contributed by atoms with Gasteiger partial charge < -0.3 is 15.2 Å². The van der Waals surface area contributed by atoms with Crippen LogP contribution in [0, 0.1) is 0 Å². The summed E-state index contributed by atoms with van der Waals surface area (Å²) in [4.78, 5) is 25.1. The van der Waals surface area contributed by atoms with Crippen LogP contribution in [0.3, 0.4) is 0 Å². The highest BCUT2D eigenvalue weighted by molar-refractivity contribution is 7.82. The number of phenols is 1. The number of thiocarbonyl (C=S) groups is 1. The molecular formula is C18H19N3O4S2. The molecular weight excluding hydrogens is 386 g/mol. The third-order valence-electron chi connectivity index (χ3n) is 3.37. The van der Waals surface area contributed by atoms with E-state index in [9.17, 15) is 14.7 Å².